The van der Waals surface area contributed by atoms with Crippen molar-refractivity contribution >= 4 is 35.6 Å². The van der Waals surface area contributed by atoms with Crippen molar-refractivity contribution in [1.29, 1.82) is 0 Å². The molecule has 0 spiro atoms. The molecule has 0 fully saturated rings. The van der Waals surface area contributed by atoms with Gasteiger partial charge < -0.3 is 37.0 Å². The van der Waals surface area contributed by atoms with Crippen molar-refractivity contribution in [1.82, 2.24) is 16.0 Å². The smallest absolute Gasteiger partial charge is 0.326 e. The minimum atomic E-state index is -1.47. The molecule has 0 aromatic heterocycles. The van der Waals surface area contributed by atoms with Crippen LogP contribution in [0.25, 0.3) is 0 Å². The third kappa shape index (κ3) is 10.8. The Kier molecular flexibility index (Phi) is 12.7. The standard InChI is InChI=1S/C20H34N4O9/c1-5-10(4)16(19(31)23-15(9(2)3)20(32)33)24-18(30)12(6-7-13(25)26)22-17(29)11(21)8-14(27)28/h9-12,15-16H,5-8,21H2,1-4H3,(H,22,29)(H,23,31)(H,24,30)(H,25,26)(H,27,28)(H,32,33). The maximum atomic E-state index is 12.9. The van der Waals surface area contributed by atoms with Crippen LogP contribution in [-0.4, -0.2) is 75.1 Å². The molecule has 0 aliphatic carbocycles. The van der Waals surface area contributed by atoms with Gasteiger partial charge in [-0.3, -0.25) is 24.0 Å². The normalized spacial score (nSPS) is 15.5. The number of hydrogen-bond donors (Lipinski definition) is 7. The van der Waals surface area contributed by atoms with Gasteiger partial charge in [-0.25, -0.2) is 4.79 Å². The second kappa shape index (κ2) is 14.0. The van der Waals surface area contributed by atoms with E-state index < -0.39 is 84.5 Å². The lowest BCUT2D eigenvalue weighted by atomic mass is 9.96. The highest BCUT2D eigenvalue weighted by atomic mass is 16.4. The molecule has 13 nitrogen and oxygen atoms in total. The molecule has 8 N–H and O–H groups in total. The third-order valence-electron chi connectivity index (χ3n) is 5.03. The van der Waals surface area contributed by atoms with E-state index in [9.17, 15) is 33.9 Å². The highest BCUT2D eigenvalue weighted by Gasteiger charge is 2.33. The van der Waals surface area contributed by atoms with Gasteiger partial charge in [0.1, 0.15) is 18.1 Å². The molecule has 0 bridgehead atoms. The molecule has 188 valence electrons. The lowest BCUT2D eigenvalue weighted by Gasteiger charge is -2.28. The molecule has 0 aromatic carbocycles. The molecular formula is C20H34N4O9. The van der Waals surface area contributed by atoms with E-state index in [0.29, 0.717) is 6.42 Å². The summed E-state index contributed by atoms with van der Waals surface area (Å²) in [5.74, 6) is -7.29. The molecule has 33 heavy (non-hydrogen) atoms. The summed E-state index contributed by atoms with van der Waals surface area (Å²) >= 11 is 0. The number of carbonyl (C=O) groups is 6. The van der Waals surface area contributed by atoms with Crippen LogP contribution in [0.15, 0.2) is 0 Å². The van der Waals surface area contributed by atoms with Gasteiger partial charge >= 0.3 is 17.9 Å². The van der Waals surface area contributed by atoms with E-state index in [1.54, 1.807) is 27.7 Å². The lowest BCUT2D eigenvalue weighted by Crippen LogP contribution is -2.59. The molecule has 0 aliphatic heterocycles. The molecule has 5 unspecified atom stereocenters. The summed E-state index contributed by atoms with van der Waals surface area (Å²) in [5.41, 5.74) is 5.49. The molecule has 0 radical (unpaired) electrons. The van der Waals surface area contributed by atoms with Crippen molar-refractivity contribution in [2.75, 3.05) is 0 Å². The van der Waals surface area contributed by atoms with E-state index in [1.165, 1.54) is 0 Å². The Labute approximate surface area is 191 Å². The van der Waals surface area contributed by atoms with Crippen molar-refractivity contribution in [3.05, 3.63) is 0 Å². The fourth-order valence-corrected chi connectivity index (χ4v) is 2.81. The Morgan fingerprint density at radius 3 is 1.76 bits per heavy atom. The van der Waals surface area contributed by atoms with Crippen LogP contribution in [-0.2, 0) is 28.8 Å². The molecule has 0 rings (SSSR count). The maximum absolute atomic E-state index is 12.9. The molecule has 13 heteroatoms. The Morgan fingerprint density at radius 1 is 0.788 bits per heavy atom. The fourth-order valence-electron chi connectivity index (χ4n) is 2.81. The highest BCUT2D eigenvalue weighted by molar-refractivity contribution is 5.95. The van der Waals surface area contributed by atoms with Gasteiger partial charge in [0, 0.05) is 6.42 Å². The quantitative estimate of drug-likeness (QED) is 0.151. The van der Waals surface area contributed by atoms with Gasteiger partial charge in [0.2, 0.25) is 17.7 Å². The number of carbonyl (C=O) groups excluding carboxylic acids is 3. The van der Waals surface area contributed by atoms with Crippen LogP contribution in [0.5, 0.6) is 0 Å². The van der Waals surface area contributed by atoms with Gasteiger partial charge in [0.15, 0.2) is 0 Å². The van der Waals surface area contributed by atoms with E-state index >= 15 is 0 Å². The topological polar surface area (TPSA) is 225 Å². The van der Waals surface area contributed by atoms with Gasteiger partial charge in [-0.15, -0.1) is 0 Å². The first-order valence-corrected chi connectivity index (χ1v) is 10.5. The van der Waals surface area contributed by atoms with Crippen molar-refractivity contribution in [3.63, 3.8) is 0 Å². The van der Waals surface area contributed by atoms with Gasteiger partial charge in [0.05, 0.1) is 12.5 Å². The monoisotopic (exact) mass is 474 g/mol. The average Bonchev–Trinajstić information content (AvgIpc) is 2.70. The lowest BCUT2D eigenvalue weighted by molar-refractivity contribution is -0.144. The molecular weight excluding hydrogens is 440 g/mol. The Hall–Kier alpha value is -3.22. The molecule has 0 heterocycles. The minimum Gasteiger partial charge on any atom is -0.481 e. The second-order valence-corrected chi connectivity index (χ2v) is 8.14. The minimum absolute atomic E-state index is 0.342. The summed E-state index contributed by atoms with van der Waals surface area (Å²) < 4.78 is 0. The predicted octanol–water partition coefficient (Wildman–Crippen LogP) is -1.11. The highest BCUT2D eigenvalue weighted by Crippen LogP contribution is 2.11. The zero-order valence-electron chi connectivity index (χ0n) is 19.2. The van der Waals surface area contributed by atoms with Crippen LogP contribution in [0.1, 0.15) is 53.4 Å². The summed E-state index contributed by atoms with van der Waals surface area (Å²) in [6, 6.07) is -5.25. The van der Waals surface area contributed by atoms with Crippen molar-refractivity contribution < 1.29 is 44.1 Å². The molecule has 0 saturated heterocycles. The average molecular weight is 475 g/mol. The Bertz CT molecular complexity index is 741. The summed E-state index contributed by atoms with van der Waals surface area (Å²) in [6.45, 7) is 6.62. The van der Waals surface area contributed by atoms with Crippen LogP contribution in [0, 0.1) is 11.8 Å². The maximum Gasteiger partial charge on any atom is 0.326 e. The number of nitrogens with one attached hydrogen (secondary N) is 3. The van der Waals surface area contributed by atoms with E-state index in [-0.39, 0.29) is 6.42 Å². The van der Waals surface area contributed by atoms with E-state index in [1.807, 2.05) is 0 Å². The number of carboxylic acid groups (broad SMARTS) is 3. The first-order chi connectivity index (χ1) is 15.2. The largest absolute Gasteiger partial charge is 0.481 e. The van der Waals surface area contributed by atoms with Gasteiger partial charge in [0.25, 0.3) is 0 Å². The first kappa shape index (κ1) is 29.8. The number of aliphatic carboxylic acids is 3. The number of nitrogens with two attached hydrogens (primary N) is 1. The number of amides is 3. The number of hydrogen-bond acceptors (Lipinski definition) is 7. The van der Waals surface area contributed by atoms with Gasteiger partial charge in [-0.1, -0.05) is 34.1 Å². The summed E-state index contributed by atoms with van der Waals surface area (Å²) in [7, 11) is 0. The second-order valence-electron chi connectivity index (χ2n) is 8.14. The number of rotatable bonds is 15. The fraction of sp³-hybridized carbons (Fsp3) is 0.700. The molecule has 3 amide bonds. The van der Waals surface area contributed by atoms with E-state index in [0.717, 1.165) is 0 Å². The molecule has 5 atom stereocenters. The van der Waals surface area contributed by atoms with E-state index in [4.69, 9.17) is 15.9 Å². The van der Waals surface area contributed by atoms with Crippen LogP contribution in [0.3, 0.4) is 0 Å². The van der Waals surface area contributed by atoms with Crippen molar-refractivity contribution in [2.24, 2.45) is 17.6 Å². The van der Waals surface area contributed by atoms with Crippen molar-refractivity contribution in [3.8, 4) is 0 Å². The van der Waals surface area contributed by atoms with Crippen LogP contribution in [0.4, 0.5) is 0 Å². The van der Waals surface area contributed by atoms with Crippen LogP contribution < -0.4 is 21.7 Å². The summed E-state index contributed by atoms with van der Waals surface area (Å²) in [6.07, 6.45) is -1.11. The first-order valence-electron chi connectivity index (χ1n) is 10.5. The zero-order chi connectivity index (χ0) is 25.9. The SMILES string of the molecule is CCC(C)C(NC(=O)C(CCC(=O)O)NC(=O)C(N)CC(=O)O)C(=O)NC(C(=O)O)C(C)C. The van der Waals surface area contributed by atoms with E-state index in [2.05, 4.69) is 16.0 Å². The Balaban J connectivity index is 5.63. The van der Waals surface area contributed by atoms with Crippen LogP contribution >= 0.6 is 0 Å². The number of carboxylic acids is 3. The zero-order valence-corrected chi connectivity index (χ0v) is 19.2. The van der Waals surface area contributed by atoms with Gasteiger partial charge in [-0.2, -0.15) is 0 Å². The summed E-state index contributed by atoms with van der Waals surface area (Å²) in [5, 5.41) is 34.1. The van der Waals surface area contributed by atoms with Crippen molar-refractivity contribution in [2.45, 2.75) is 77.5 Å². The molecule has 0 aromatic rings. The Morgan fingerprint density at radius 2 is 1.33 bits per heavy atom. The predicted molar refractivity (Wildman–Crippen MR) is 115 cm³/mol. The molecule has 0 aliphatic rings. The summed E-state index contributed by atoms with van der Waals surface area (Å²) in [4.78, 5) is 70.9. The van der Waals surface area contributed by atoms with Crippen LogP contribution in [0.2, 0.25) is 0 Å². The molecule has 0 saturated carbocycles. The third-order valence-corrected chi connectivity index (χ3v) is 5.03. The van der Waals surface area contributed by atoms with Gasteiger partial charge in [-0.05, 0) is 18.3 Å².